The lowest BCUT2D eigenvalue weighted by atomic mass is 9.99. The number of nitrogens with one attached hydrogen (secondary N) is 1. The number of fused-ring (bicyclic) bond motifs is 1. The van der Waals surface area contributed by atoms with Gasteiger partial charge in [-0.1, -0.05) is 49.1 Å². The average molecular weight is 470 g/mol. The third kappa shape index (κ3) is 6.58. The molecule has 0 unspecified atom stereocenters. The average Bonchev–Trinajstić information content (AvgIpc) is 2.89. The number of hydrazone groups is 1. The minimum Gasteiger partial charge on any atom is -0.490 e. The summed E-state index contributed by atoms with van der Waals surface area (Å²) in [5, 5.41) is 4.10. The van der Waals surface area contributed by atoms with Crippen LogP contribution in [0, 0.1) is 0 Å². The van der Waals surface area contributed by atoms with Crippen LogP contribution in [0.15, 0.2) is 84.5 Å². The molecule has 0 radical (unpaired) electrons. The van der Waals surface area contributed by atoms with E-state index in [1.54, 1.807) is 12.3 Å². The first-order chi connectivity index (χ1) is 17.2. The zero-order chi connectivity index (χ0) is 24.5. The van der Waals surface area contributed by atoms with Crippen LogP contribution >= 0.6 is 0 Å². The van der Waals surface area contributed by atoms with Crippen LogP contribution in [0.3, 0.4) is 0 Å². The van der Waals surface area contributed by atoms with E-state index in [0.29, 0.717) is 30.3 Å². The Labute approximate surface area is 206 Å². The molecule has 0 atom stereocenters. The van der Waals surface area contributed by atoms with Gasteiger partial charge in [0, 0.05) is 25.2 Å². The lowest BCUT2D eigenvalue weighted by molar-refractivity contribution is 0.0955. The Hall–Kier alpha value is -3.90. The Bertz CT molecular complexity index is 1190. The van der Waals surface area contributed by atoms with Crippen molar-refractivity contribution in [1.29, 1.82) is 0 Å². The van der Waals surface area contributed by atoms with E-state index in [2.05, 4.69) is 46.3 Å². The van der Waals surface area contributed by atoms with Gasteiger partial charge < -0.3 is 9.47 Å². The monoisotopic (exact) mass is 469 g/mol. The third-order valence-electron chi connectivity index (χ3n) is 5.84. The van der Waals surface area contributed by atoms with Gasteiger partial charge in [0.2, 0.25) is 0 Å². The van der Waals surface area contributed by atoms with Gasteiger partial charge in [0.05, 0.1) is 12.8 Å². The van der Waals surface area contributed by atoms with Crippen molar-refractivity contribution < 1.29 is 14.3 Å². The Balaban J connectivity index is 1.31. The summed E-state index contributed by atoms with van der Waals surface area (Å²) in [5.74, 6) is 1.01. The number of amides is 1. The number of carbonyl (C=O) groups is 1. The maximum absolute atomic E-state index is 12.5. The van der Waals surface area contributed by atoms with Gasteiger partial charge in [0.25, 0.3) is 5.91 Å². The fraction of sp³-hybridized carbons (Fsp3) is 0.241. The van der Waals surface area contributed by atoms with E-state index in [-0.39, 0.29) is 5.91 Å². The second kappa shape index (κ2) is 12.0. The topological polar surface area (TPSA) is 63.2 Å². The molecular formula is C29H31N3O3. The highest BCUT2D eigenvalue weighted by Crippen LogP contribution is 2.28. The van der Waals surface area contributed by atoms with E-state index in [1.807, 2.05) is 49.4 Å². The van der Waals surface area contributed by atoms with E-state index >= 15 is 0 Å². The molecule has 1 aliphatic heterocycles. The molecule has 0 saturated carbocycles. The Morgan fingerprint density at radius 3 is 2.63 bits per heavy atom. The summed E-state index contributed by atoms with van der Waals surface area (Å²) in [6.07, 6.45) is 4.34. The largest absolute Gasteiger partial charge is 0.490 e. The first-order valence-electron chi connectivity index (χ1n) is 11.9. The molecule has 6 heteroatoms. The summed E-state index contributed by atoms with van der Waals surface area (Å²) in [6.45, 7) is 9.35. The number of hydrogen-bond acceptors (Lipinski definition) is 5. The fourth-order valence-electron chi connectivity index (χ4n) is 4.08. The van der Waals surface area contributed by atoms with Gasteiger partial charge in [-0.05, 0) is 65.9 Å². The molecular weight excluding hydrogens is 438 g/mol. The molecule has 0 bridgehead atoms. The van der Waals surface area contributed by atoms with E-state index in [0.717, 1.165) is 31.6 Å². The number of nitrogens with zero attached hydrogens (tertiary/aromatic N) is 2. The number of benzene rings is 3. The van der Waals surface area contributed by atoms with Crippen molar-refractivity contribution in [3.8, 4) is 11.5 Å². The fourth-order valence-corrected chi connectivity index (χ4v) is 4.08. The van der Waals surface area contributed by atoms with Crippen molar-refractivity contribution in [2.75, 3.05) is 19.8 Å². The Kier molecular flexibility index (Phi) is 8.30. The van der Waals surface area contributed by atoms with Crippen LogP contribution in [-0.4, -0.2) is 36.8 Å². The van der Waals surface area contributed by atoms with E-state index in [9.17, 15) is 4.79 Å². The summed E-state index contributed by atoms with van der Waals surface area (Å²) in [6, 6.07) is 21.8. The second-order valence-corrected chi connectivity index (χ2v) is 8.36. The molecule has 4 rings (SSSR count). The molecule has 0 spiro atoms. The molecule has 0 aromatic heterocycles. The molecule has 3 aromatic rings. The molecule has 0 fully saturated rings. The lowest BCUT2D eigenvalue weighted by Gasteiger charge is -2.28. The Morgan fingerprint density at radius 1 is 1.06 bits per heavy atom. The van der Waals surface area contributed by atoms with E-state index in [4.69, 9.17) is 9.47 Å². The van der Waals surface area contributed by atoms with Crippen molar-refractivity contribution in [3.63, 3.8) is 0 Å². The molecule has 0 aliphatic carbocycles. The molecule has 1 heterocycles. The smallest absolute Gasteiger partial charge is 0.271 e. The standard InChI is InChI=1S/C29H31N3O3/c1-3-17-35-27-14-11-23(18-28(27)34-4-2)19-30-31-29(33)25-12-9-22(10-13-25)20-32-16-15-24-7-5-6-8-26(24)21-32/h3,5-14,18-19H,1,4,15-17,20-21H2,2H3,(H,31,33)/b30-19-. The van der Waals surface area contributed by atoms with Gasteiger partial charge in [0.15, 0.2) is 11.5 Å². The molecule has 180 valence electrons. The third-order valence-corrected chi connectivity index (χ3v) is 5.84. The number of ether oxygens (including phenoxy) is 2. The van der Waals surface area contributed by atoms with Gasteiger partial charge >= 0.3 is 0 Å². The summed E-state index contributed by atoms with van der Waals surface area (Å²) < 4.78 is 11.2. The molecule has 1 aliphatic rings. The van der Waals surface area contributed by atoms with Crippen LogP contribution in [0.25, 0.3) is 0 Å². The zero-order valence-corrected chi connectivity index (χ0v) is 20.1. The number of carbonyl (C=O) groups excluding carboxylic acids is 1. The minimum absolute atomic E-state index is 0.254. The summed E-state index contributed by atoms with van der Waals surface area (Å²) in [4.78, 5) is 15.0. The van der Waals surface area contributed by atoms with Crippen LogP contribution in [-0.2, 0) is 19.5 Å². The van der Waals surface area contributed by atoms with Crippen LogP contribution < -0.4 is 14.9 Å². The highest BCUT2D eigenvalue weighted by atomic mass is 16.5. The van der Waals surface area contributed by atoms with E-state index < -0.39 is 0 Å². The maximum atomic E-state index is 12.5. The van der Waals surface area contributed by atoms with E-state index in [1.165, 1.54) is 16.7 Å². The minimum atomic E-state index is -0.254. The van der Waals surface area contributed by atoms with Crippen molar-refractivity contribution in [3.05, 3.63) is 107 Å². The van der Waals surface area contributed by atoms with Crippen molar-refractivity contribution in [1.82, 2.24) is 10.3 Å². The van der Waals surface area contributed by atoms with Gasteiger partial charge in [-0.2, -0.15) is 5.10 Å². The zero-order valence-electron chi connectivity index (χ0n) is 20.1. The molecule has 35 heavy (non-hydrogen) atoms. The summed E-state index contributed by atoms with van der Waals surface area (Å²) in [5.41, 5.74) is 7.99. The summed E-state index contributed by atoms with van der Waals surface area (Å²) >= 11 is 0. The predicted octanol–water partition coefficient (Wildman–Crippen LogP) is 4.97. The molecule has 3 aromatic carbocycles. The SMILES string of the molecule is C=CCOc1ccc(/C=N\NC(=O)c2ccc(CN3CCc4ccccc4C3)cc2)cc1OCC. The lowest BCUT2D eigenvalue weighted by Crippen LogP contribution is -2.30. The second-order valence-electron chi connectivity index (χ2n) is 8.36. The molecule has 1 N–H and O–H groups in total. The van der Waals surface area contributed by atoms with Crippen LogP contribution in [0.5, 0.6) is 11.5 Å². The molecule has 0 saturated heterocycles. The first kappa shape index (κ1) is 24.2. The predicted molar refractivity (Wildman–Crippen MR) is 139 cm³/mol. The molecule has 1 amide bonds. The van der Waals surface area contributed by atoms with Crippen LogP contribution in [0.2, 0.25) is 0 Å². The Morgan fingerprint density at radius 2 is 1.86 bits per heavy atom. The summed E-state index contributed by atoms with van der Waals surface area (Å²) in [7, 11) is 0. The number of rotatable bonds is 10. The van der Waals surface area contributed by atoms with Gasteiger partial charge in [-0.3, -0.25) is 9.69 Å². The maximum Gasteiger partial charge on any atom is 0.271 e. The van der Waals surface area contributed by atoms with Gasteiger partial charge in [-0.25, -0.2) is 5.43 Å². The number of hydrogen-bond donors (Lipinski definition) is 1. The van der Waals surface area contributed by atoms with Gasteiger partial charge in [0.1, 0.15) is 6.61 Å². The van der Waals surface area contributed by atoms with Gasteiger partial charge in [-0.15, -0.1) is 0 Å². The normalized spacial score (nSPS) is 13.3. The van der Waals surface area contributed by atoms with Crippen LogP contribution in [0.1, 0.15) is 39.5 Å². The van der Waals surface area contributed by atoms with Crippen molar-refractivity contribution in [2.24, 2.45) is 5.10 Å². The first-order valence-corrected chi connectivity index (χ1v) is 11.9. The van der Waals surface area contributed by atoms with Crippen molar-refractivity contribution >= 4 is 12.1 Å². The quantitative estimate of drug-likeness (QED) is 0.259. The highest BCUT2D eigenvalue weighted by Gasteiger charge is 2.16. The van der Waals surface area contributed by atoms with Crippen molar-refractivity contribution in [2.45, 2.75) is 26.4 Å². The highest BCUT2D eigenvalue weighted by molar-refractivity contribution is 5.95. The molecule has 6 nitrogen and oxygen atoms in total. The van der Waals surface area contributed by atoms with Crippen LogP contribution in [0.4, 0.5) is 0 Å².